The van der Waals surface area contributed by atoms with Crippen LogP contribution in [0.1, 0.15) is 5.56 Å². The Morgan fingerprint density at radius 2 is 1.86 bits per heavy atom. The van der Waals surface area contributed by atoms with Crippen LogP contribution in [0.5, 0.6) is 0 Å². The molecule has 0 saturated carbocycles. The van der Waals surface area contributed by atoms with Crippen molar-refractivity contribution in [1.29, 1.82) is 0 Å². The Kier molecular flexibility index (Phi) is 6.15. The Hall–Kier alpha value is -0.120. The fraction of sp³-hybridized carbons (Fsp3) is 0.455. The minimum atomic E-state index is 0.981. The van der Waals surface area contributed by atoms with Crippen LogP contribution in [0.4, 0.5) is 0 Å². The average Bonchev–Trinajstić information content (AvgIpc) is 2.25. The zero-order chi connectivity index (χ0) is 10.2. The topological polar surface area (TPSA) is 12.0 Å². The van der Waals surface area contributed by atoms with E-state index in [0.717, 1.165) is 13.1 Å². The monoisotopic (exact) mass is 227 g/mol. The van der Waals surface area contributed by atoms with Crippen LogP contribution in [-0.2, 0) is 6.54 Å². The van der Waals surface area contributed by atoms with E-state index in [2.05, 4.69) is 42.1 Å². The van der Waals surface area contributed by atoms with Gasteiger partial charge in [0, 0.05) is 23.7 Å². The van der Waals surface area contributed by atoms with Gasteiger partial charge in [0.05, 0.1) is 0 Å². The lowest BCUT2D eigenvalue weighted by Gasteiger charge is -2.04. The lowest BCUT2D eigenvalue weighted by molar-refractivity contribution is 0.732. The summed E-state index contributed by atoms with van der Waals surface area (Å²) in [6.45, 7) is 2.07. The van der Waals surface area contributed by atoms with Gasteiger partial charge in [0.2, 0.25) is 0 Å². The predicted molar refractivity (Wildman–Crippen MR) is 68.3 cm³/mol. The molecule has 1 N–H and O–H groups in total. The van der Waals surface area contributed by atoms with Crippen LogP contribution in [0.2, 0.25) is 0 Å². The van der Waals surface area contributed by atoms with Gasteiger partial charge in [0.1, 0.15) is 0 Å². The van der Waals surface area contributed by atoms with E-state index in [1.807, 2.05) is 11.8 Å². The van der Waals surface area contributed by atoms with Gasteiger partial charge in [0.15, 0.2) is 0 Å². The van der Waals surface area contributed by atoms with Gasteiger partial charge >= 0.3 is 0 Å². The third-order valence-corrected chi connectivity index (χ3v) is 3.33. The van der Waals surface area contributed by atoms with Crippen LogP contribution in [0.25, 0.3) is 0 Å². The first-order valence-electron chi connectivity index (χ1n) is 4.69. The maximum absolute atomic E-state index is 3.41. The molecule has 0 unspecified atom stereocenters. The number of hydrogen-bond donors (Lipinski definition) is 1. The third-order valence-electron chi connectivity index (χ3n) is 1.97. The average molecular weight is 227 g/mol. The van der Waals surface area contributed by atoms with Crippen molar-refractivity contribution in [3.05, 3.63) is 29.8 Å². The molecule has 0 saturated heterocycles. The molecule has 1 aromatic carbocycles. The molecule has 0 amide bonds. The normalized spacial score (nSPS) is 10.4. The van der Waals surface area contributed by atoms with Crippen LogP contribution in [0, 0.1) is 0 Å². The van der Waals surface area contributed by atoms with Gasteiger partial charge in [-0.25, -0.2) is 0 Å². The summed E-state index contributed by atoms with van der Waals surface area (Å²) in [5, 5.41) is 3.41. The predicted octanol–water partition coefficient (Wildman–Crippen LogP) is 2.86. The second-order valence-corrected chi connectivity index (χ2v) is 4.88. The molecule has 1 nitrogen and oxygen atoms in total. The fourth-order valence-corrected chi connectivity index (χ4v) is 1.91. The minimum absolute atomic E-state index is 0.981. The molecule has 0 aromatic heterocycles. The van der Waals surface area contributed by atoms with Crippen molar-refractivity contribution in [2.24, 2.45) is 0 Å². The van der Waals surface area contributed by atoms with E-state index in [0.29, 0.717) is 0 Å². The molecular formula is C11H17NS2. The summed E-state index contributed by atoms with van der Waals surface area (Å²) in [4.78, 5) is 1.33. The number of nitrogens with one attached hydrogen (secondary N) is 1. The molecule has 78 valence electrons. The molecular weight excluding hydrogens is 210 g/mol. The van der Waals surface area contributed by atoms with E-state index in [1.54, 1.807) is 11.8 Å². The first kappa shape index (κ1) is 12.0. The van der Waals surface area contributed by atoms with Gasteiger partial charge in [-0.2, -0.15) is 11.8 Å². The van der Waals surface area contributed by atoms with Gasteiger partial charge in [-0.15, -0.1) is 11.8 Å². The molecule has 1 rings (SSSR count). The highest BCUT2D eigenvalue weighted by Gasteiger charge is 1.93. The van der Waals surface area contributed by atoms with Crippen LogP contribution in [-0.4, -0.2) is 24.8 Å². The summed E-state index contributed by atoms with van der Waals surface area (Å²) in [6.07, 6.45) is 4.24. The standard InChI is InChI=1S/C11H17NS2/c1-13-8-7-12-9-10-3-5-11(14-2)6-4-10/h3-6,12H,7-9H2,1-2H3. The molecule has 0 fully saturated rings. The first-order valence-corrected chi connectivity index (χ1v) is 7.31. The molecule has 0 aliphatic heterocycles. The van der Waals surface area contributed by atoms with Crippen molar-refractivity contribution in [3.8, 4) is 0 Å². The maximum atomic E-state index is 3.41. The van der Waals surface area contributed by atoms with Gasteiger partial charge in [0.25, 0.3) is 0 Å². The Morgan fingerprint density at radius 3 is 2.43 bits per heavy atom. The molecule has 3 heteroatoms. The first-order chi connectivity index (χ1) is 6.86. The zero-order valence-corrected chi connectivity index (χ0v) is 10.4. The van der Waals surface area contributed by atoms with Crippen LogP contribution < -0.4 is 5.32 Å². The summed E-state index contributed by atoms with van der Waals surface area (Å²) < 4.78 is 0. The molecule has 0 atom stereocenters. The Balaban J connectivity index is 2.29. The second kappa shape index (κ2) is 7.21. The second-order valence-electron chi connectivity index (χ2n) is 3.02. The lowest BCUT2D eigenvalue weighted by atomic mass is 10.2. The number of rotatable bonds is 6. The number of thioether (sulfide) groups is 2. The summed E-state index contributed by atoms with van der Waals surface area (Å²) in [5.74, 6) is 1.18. The zero-order valence-electron chi connectivity index (χ0n) is 8.75. The SMILES string of the molecule is CSCCNCc1ccc(SC)cc1. The third kappa shape index (κ3) is 4.40. The molecule has 14 heavy (non-hydrogen) atoms. The van der Waals surface area contributed by atoms with Crippen molar-refractivity contribution in [2.75, 3.05) is 24.8 Å². The Labute approximate surface area is 95.1 Å². The summed E-state index contributed by atoms with van der Waals surface area (Å²) >= 11 is 3.66. The molecule has 0 aliphatic carbocycles. The maximum Gasteiger partial charge on any atom is 0.0205 e. The summed E-state index contributed by atoms with van der Waals surface area (Å²) in [5.41, 5.74) is 1.36. The summed E-state index contributed by atoms with van der Waals surface area (Å²) in [7, 11) is 0. The highest BCUT2D eigenvalue weighted by atomic mass is 32.2. The van der Waals surface area contributed by atoms with E-state index in [4.69, 9.17) is 0 Å². The van der Waals surface area contributed by atoms with Crippen molar-refractivity contribution in [1.82, 2.24) is 5.32 Å². The van der Waals surface area contributed by atoms with E-state index in [-0.39, 0.29) is 0 Å². The highest BCUT2D eigenvalue weighted by molar-refractivity contribution is 7.98. The van der Waals surface area contributed by atoms with Crippen LogP contribution in [0.3, 0.4) is 0 Å². The molecule has 0 bridgehead atoms. The van der Waals surface area contributed by atoms with E-state index >= 15 is 0 Å². The van der Waals surface area contributed by atoms with Crippen LogP contribution in [0.15, 0.2) is 29.2 Å². The molecule has 0 heterocycles. The van der Waals surface area contributed by atoms with Crippen molar-refractivity contribution < 1.29 is 0 Å². The van der Waals surface area contributed by atoms with Gasteiger partial charge < -0.3 is 5.32 Å². The Morgan fingerprint density at radius 1 is 1.14 bits per heavy atom. The number of hydrogen-bond acceptors (Lipinski definition) is 3. The van der Waals surface area contributed by atoms with Crippen LogP contribution >= 0.6 is 23.5 Å². The van der Waals surface area contributed by atoms with E-state index < -0.39 is 0 Å². The smallest absolute Gasteiger partial charge is 0.0205 e. The fourth-order valence-electron chi connectivity index (χ4n) is 1.15. The van der Waals surface area contributed by atoms with E-state index in [1.165, 1.54) is 16.2 Å². The molecule has 0 radical (unpaired) electrons. The summed E-state index contributed by atoms with van der Waals surface area (Å²) in [6, 6.07) is 8.74. The van der Waals surface area contributed by atoms with Crippen molar-refractivity contribution in [3.63, 3.8) is 0 Å². The van der Waals surface area contributed by atoms with Gasteiger partial charge in [-0.1, -0.05) is 12.1 Å². The molecule has 1 aromatic rings. The highest BCUT2D eigenvalue weighted by Crippen LogP contribution is 2.14. The quantitative estimate of drug-likeness (QED) is 0.593. The minimum Gasteiger partial charge on any atom is -0.312 e. The Bertz CT molecular complexity index is 246. The molecule has 0 aliphatic rings. The van der Waals surface area contributed by atoms with E-state index in [9.17, 15) is 0 Å². The van der Waals surface area contributed by atoms with Crippen molar-refractivity contribution >= 4 is 23.5 Å². The van der Waals surface area contributed by atoms with Gasteiger partial charge in [-0.05, 0) is 30.2 Å². The lowest BCUT2D eigenvalue weighted by Crippen LogP contribution is -2.16. The van der Waals surface area contributed by atoms with Gasteiger partial charge in [-0.3, -0.25) is 0 Å². The molecule has 0 spiro atoms. The number of benzene rings is 1. The van der Waals surface area contributed by atoms with Crippen molar-refractivity contribution in [2.45, 2.75) is 11.4 Å². The largest absolute Gasteiger partial charge is 0.312 e.